The van der Waals surface area contributed by atoms with Crippen LogP contribution in [-0.2, 0) is 0 Å². The van der Waals surface area contributed by atoms with Gasteiger partial charge in [0.25, 0.3) is 0 Å². The normalized spacial score (nSPS) is 13.8. The van der Waals surface area contributed by atoms with Crippen molar-refractivity contribution in [2.75, 3.05) is 16.3 Å². The standard InChI is InChI=1S/C61H42N2S/c1-41-15-4-3-13-38-62(48-35-36-54-52-20-8-7-18-50(52)51-19-9-10-21-53(51)58(54)40-48)59-37-30-44(39-57(41)59)42-26-31-46(32-27-42)63(45-16-5-2-6-17-45)47-33-28-43(29-34-47)49-23-14-24-56-55-22-11-12-25-60(55)64-61(49)56/h2-37,39-40H,1,38H2/b13-3-,15-4-. The molecule has 0 saturated heterocycles. The van der Waals surface area contributed by atoms with Crippen molar-refractivity contribution in [2.45, 2.75) is 0 Å². The first-order valence-corrected chi connectivity index (χ1v) is 22.7. The van der Waals surface area contributed by atoms with Crippen molar-refractivity contribution in [3.05, 3.63) is 243 Å². The molecule has 1 aliphatic heterocycles. The molecule has 0 aliphatic carbocycles. The van der Waals surface area contributed by atoms with E-state index in [2.05, 4.69) is 247 Å². The fourth-order valence-electron chi connectivity index (χ4n) is 9.71. The highest BCUT2D eigenvalue weighted by Gasteiger charge is 2.19. The number of hydrogen-bond donors (Lipinski definition) is 0. The second kappa shape index (κ2) is 15.7. The number of allylic oxidation sites excluding steroid dienone is 4. The highest BCUT2D eigenvalue weighted by atomic mass is 32.1. The Kier molecular flexibility index (Phi) is 9.28. The lowest BCUT2D eigenvalue weighted by Crippen LogP contribution is -2.18. The Labute approximate surface area is 377 Å². The molecule has 3 heteroatoms. The molecule has 1 aliphatic rings. The highest BCUT2D eigenvalue weighted by molar-refractivity contribution is 7.26. The van der Waals surface area contributed by atoms with Gasteiger partial charge < -0.3 is 9.80 Å². The molecule has 0 radical (unpaired) electrons. The van der Waals surface area contributed by atoms with Gasteiger partial charge in [-0.3, -0.25) is 0 Å². The molecule has 0 N–H and O–H groups in total. The summed E-state index contributed by atoms with van der Waals surface area (Å²) in [4.78, 5) is 4.76. The second-order valence-corrected chi connectivity index (χ2v) is 17.6. The molecule has 302 valence electrons. The van der Waals surface area contributed by atoms with Crippen LogP contribution < -0.4 is 9.80 Å². The maximum absolute atomic E-state index is 4.59. The second-order valence-electron chi connectivity index (χ2n) is 16.5. The van der Waals surface area contributed by atoms with Crippen molar-refractivity contribution < 1.29 is 0 Å². The van der Waals surface area contributed by atoms with Gasteiger partial charge in [-0.05, 0) is 127 Å². The zero-order valence-corrected chi connectivity index (χ0v) is 36.0. The molecule has 0 unspecified atom stereocenters. The maximum Gasteiger partial charge on any atom is 0.0493 e. The number of rotatable bonds is 6. The van der Waals surface area contributed by atoms with Crippen molar-refractivity contribution in [1.82, 2.24) is 0 Å². The van der Waals surface area contributed by atoms with E-state index in [1.54, 1.807) is 0 Å². The first-order valence-electron chi connectivity index (χ1n) is 21.9. The van der Waals surface area contributed by atoms with Crippen LogP contribution in [0, 0.1) is 0 Å². The molecule has 0 spiro atoms. The quantitative estimate of drug-likeness (QED) is 0.154. The molecule has 64 heavy (non-hydrogen) atoms. The molecular weight excluding hydrogens is 793 g/mol. The van der Waals surface area contributed by atoms with Gasteiger partial charge in [-0.1, -0.05) is 170 Å². The van der Waals surface area contributed by atoms with Gasteiger partial charge in [0.05, 0.1) is 0 Å². The Morgan fingerprint density at radius 3 is 1.72 bits per heavy atom. The fraction of sp³-hybridized carbons (Fsp3) is 0.0164. The van der Waals surface area contributed by atoms with Gasteiger partial charge in [0, 0.05) is 60.7 Å². The number of thiophene rings is 1. The molecule has 0 atom stereocenters. The minimum absolute atomic E-state index is 0.729. The van der Waals surface area contributed by atoms with Crippen LogP contribution in [0.4, 0.5) is 28.4 Å². The lowest BCUT2D eigenvalue weighted by atomic mass is 9.93. The van der Waals surface area contributed by atoms with Crippen LogP contribution in [0.5, 0.6) is 0 Å². The van der Waals surface area contributed by atoms with Gasteiger partial charge in [-0.2, -0.15) is 0 Å². The van der Waals surface area contributed by atoms with Crippen molar-refractivity contribution in [3.63, 3.8) is 0 Å². The van der Waals surface area contributed by atoms with E-state index in [4.69, 9.17) is 0 Å². The summed E-state index contributed by atoms with van der Waals surface area (Å²) in [5.41, 5.74) is 12.5. The van der Waals surface area contributed by atoms with Crippen molar-refractivity contribution in [2.24, 2.45) is 0 Å². The van der Waals surface area contributed by atoms with Crippen molar-refractivity contribution >= 4 is 97.8 Å². The van der Waals surface area contributed by atoms with Gasteiger partial charge >= 0.3 is 0 Å². The van der Waals surface area contributed by atoms with E-state index in [-0.39, 0.29) is 0 Å². The molecule has 0 fully saturated rings. The average Bonchev–Trinajstić information content (AvgIpc) is 3.77. The third-order valence-electron chi connectivity index (χ3n) is 12.8. The minimum Gasteiger partial charge on any atom is -0.337 e. The SMILES string of the molecule is C=C1/C=C\C=C/CN(c2ccc3c4ccccc4c4ccccc4c3c2)c2ccc(-c3ccc(N(c4ccccc4)c4ccc(-c5cccc6c5sc5ccccc56)cc4)cc3)cc21. The van der Waals surface area contributed by atoms with Crippen molar-refractivity contribution in [1.29, 1.82) is 0 Å². The molecule has 0 amide bonds. The van der Waals surface area contributed by atoms with Gasteiger partial charge in [-0.15, -0.1) is 11.3 Å². The Hall–Kier alpha value is -7.98. The van der Waals surface area contributed by atoms with Gasteiger partial charge in [-0.25, -0.2) is 0 Å². The van der Waals surface area contributed by atoms with Crippen LogP contribution in [0.3, 0.4) is 0 Å². The van der Waals surface area contributed by atoms with E-state index in [1.807, 2.05) is 11.3 Å². The summed E-state index contributed by atoms with van der Waals surface area (Å²) in [6.45, 7) is 5.32. The molecule has 2 nitrogen and oxygen atoms in total. The van der Waals surface area contributed by atoms with Crippen LogP contribution in [-0.4, -0.2) is 6.54 Å². The predicted molar refractivity (Wildman–Crippen MR) is 278 cm³/mol. The summed E-state index contributed by atoms with van der Waals surface area (Å²) in [6.07, 6.45) is 8.58. The summed E-state index contributed by atoms with van der Waals surface area (Å²) in [5, 5.41) is 10.3. The summed E-state index contributed by atoms with van der Waals surface area (Å²) in [5.74, 6) is 0. The summed E-state index contributed by atoms with van der Waals surface area (Å²) >= 11 is 1.87. The minimum atomic E-state index is 0.729. The summed E-state index contributed by atoms with van der Waals surface area (Å²) in [6, 6.07) is 75.4. The van der Waals surface area contributed by atoms with Gasteiger partial charge in [0.1, 0.15) is 0 Å². The van der Waals surface area contributed by atoms with Crippen LogP contribution >= 0.6 is 11.3 Å². The Balaban J connectivity index is 0.898. The maximum atomic E-state index is 4.59. The van der Waals surface area contributed by atoms with E-state index in [0.717, 1.165) is 57.2 Å². The lowest BCUT2D eigenvalue weighted by molar-refractivity contribution is 1.10. The Morgan fingerprint density at radius 2 is 1.00 bits per heavy atom. The molecule has 1 aromatic heterocycles. The number of fused-ring (bicyclic) bond motifs is 10. The van der Waals surface area contributed by atoms with E-state index >= 15 is 0 Å². The summed E-state index contributed by atoms with van der Waals surface area (Å²) < 4.78 is 2.65. The smallest absolute Gasteiger partial charge is 0.0493 e. The Morgan fingerprint density at radius 1 is 0.422 bits per heavy atom. The lowest BCUT2D eigenvalue weighted by Gasteiger charge is -2.28. The predicted octanol–water partition coefficient (Wildman–Crippen LogP) is 17.6. The molecule has 2 heterocycles. The van der Waals surface area contributed by atoms with Crippen LogP contribution in [0.25, 0.3) is 80.3 Å². The van der Waals surface area contributed by atoms with Crippen LogP contribution in [0.1, 0.15) is 5.56 Å². The summed E-state index contributed by atoms with van der Waals surface area (Å²) in [7, 11) is 0. The van der Waals surface area contributed by atoms with E-state index in [1.165, 1.54) is 63.6 Å². The van der Waals surface area contributed by atoms with Crippen LogP contribution in [0.15, 0.2) is 237 Å². The zero-order chi connectivity index (χ0) is 42.6. The van der Waals surface area contributed by atoms with E-state index in [0.29, 0.717) is 0 Å². The number of nitrogens with zero attached hydrogens (tertiary/aromatic N) is 2. The fourth-order valence-corrected chi connectivity index (χ4v) is 11.0. The molecule has 12 rings (SSSR count). The molecule has 11 aromatic rings. The number of benzene rings is 10. The average molecular weight is 835 g/mol. The third kappa shape index (κ3) is 6.49. The first kappa shape index (κ1) is 37.8. The molecular formula is C61H42N2S. The Bertz CT molecular complexity index is 3620. The van der Waals surface area contributed by atoms with E-state index in [9.17, 15) is 0 Å². The number of hydrogen-bond acceptors (Lipinski definition) is 3. The molecule has 0 saturated carbocycles. The largest absolute Gasteiger partial charge is 0.337 e. The highest BCUT2D eigenvalue weighted by Crippen LogP contribution is 2.44. The van der Waals surface area contributed by atoms with Gasteiger partial charge in [0.2, 0.25) is 0 Å². The monoisotopic (exact) mass is 834 g/mol. The zero-order valence-electron chi connectivity index (χ0n) is 35.2. The third-order valence-corrected chi connectivity index (χ3v) is 14.0. The topological polar surface area (TPSA) is 6.48 Å². The van der Waals surface area contributed by atoms with Gasteiger partial charge in [0.15, 0.2) is 0 Å². The van der Waals surface area contributed by atoms with Crippen LogP contribution in [0.2, 0.25) is 0 Å². The van der Waals surface area contributed by atoms with E-state index < -0.39 is 0 Å². The van der Waals surface area contributed by atoms with Crippen molar-refractivity contribution in [3.8, 4) is 22.3 Å². The molecule has 10 aromatic carbocycles. The molecule has 0 bridgehead atoms. The number of para-hydroxylation sites is 1. The number of anilines is 5. The first-order chi connectivity index (χ1) is 31.7.